The van der Waals surface area contributed by atoms with Gasteiger partial charge < -0.3 is 0 Å². The average Bonchev–Trinajstić information content (AvgIpc) is 2.99. The number of amides is 2. The van der Waals surface area contributed by atoms with E-state index in [1.807, 2.05) is 38.1 Å². The fraction of sp³-hybridized carbons (Fsp3) is 0.136. The van der Waals surface area contributed by atoms with Crippen molar-refractivity contribution < 1.29 is 9.59 Å². The number of nitrogens with zero attached hydrogens (tertiary/aromatic N) is 2. The second-order valence-electron chi connectivity index (χ2n) is 6.69. The molecule has 0 aliphatic carbocycles. The maximum atomic E-state index is 12.1. The average molecular weight is 443 g/mol. The molecule has 0 saturated heterocycles. The molecular weight excluding hydrogens is 423 g/mol. The number of hydrogen-bond donors (Lipinski definition) is 2. The van der Waals surface area contributed by atoms with Gasteiger partial charge >= 0.3 is 0 Å². The molecule has 0 radical (unpaired) electrons. The molecule has 8 heteroatoms. The highest BCUT2D eigenvalue weighted by Crippen LogP contribution is 2.22. The van der Waals surface area contributed by atoms with Crippen LogP contribution < -0.4 is 10.9 Å². The Balaban J connectivity index is 1.63. The molecule has 154 valence electrons. The Kier molecular flexibility index (Phi) is 6.92. The van der Waals surface area contributed by atoms with Crippen LogP contribution in [-0.4, -0.2) is 21.6 Å². The summed E-state index contributed by atoms with van der Waals surface area (Å²) in [5, 5.41) is 5.17. The van der Waals surface area contributed by atoms with Gasteiger partial charge in [0.1, 0.15) is 5.15 Å². The fourth-order valence-electron chi connectivity index (χ4n) is 2.76. The van der Waals surface area contributed by atoms with Gasteiger partial charge in [0.25, 0.3) is 11.8 Å². The Hall–Kier alpha value is -3.09. The van der Waals surface area contributed by atoms with E-state index in [1.54, 1.807) is 35.0 Å². The maximum Gasteiger partial charge on any atom is 0.271 e. The Bertz CT molecular complexity index is 1100. The Labute approximate surface area is 184 Å². The number of carbonyl (C=O) groups is 2. The van der Waals surface area contributed by atoms with E-state index < -0.39 is 11.8 Å². The second kappa shape index (κ2) is 9.61. The number of rotatable bonds is 5. The zero-order chi connectivity index (χ0) is 21.7. The van der Waals surface area contributed by atoms with Crippen LogP contribution in [0.15, 0.2) is 54.6 Å². The number of nitrogens with one attached hydrogen (secondary N) is 2. The Morgan fingerprint density at radius 3 is 2.43 bits per heavy atom. The molecule has 0 spiro atoms. The smallest absolute Gasteiger partial charge is 0.268 e. The summed E-state index contributed by atoms with van der Waals surface area (Å²) in [6.07, 6.45) is 2.84. The molecule has 0 fully saturated rings. The van der Waals surface area contributed by atoms with Crippen LogP contribution >= 0.6 is 23.2 Å². The molecular formula is C22H20Cl2N4O2. The Morgan fingerprint density at radius 1 is 1.03 bits per heavy atom. The van der Waals surface area contributed by atoms with E-state index in [9.17, 15) is 9.59 Å². The molecule has 6 nitrogen and oxygen atoms in total. The summed E-state index contributed by atoms with van der Waals surface area (Å²) >= 11 is 12.4. The van der Waals surface area contributed by atoms with E-state index in [0.29, 0.717) is 28.0 Å². The van der Waals surface area contributed by atoms with Crippen molar-refractivity contribution in [3.05, 3.63) is 92.7 Å². The zero-order valence-corrected chi connectivity index (χ0v) is 18.0. The van der Waals surface area contributed by atoms with Crippen molar-refractivity contribution in [2.45, 2.75) is 20.4 Å². The molecule has 0 atom stereocenters. The highest BCUT2D eigenvalue weighted by Gasteiger charge is 2.13. The van der Waals surface area contributed by atoms with Crippen molar-refractivity contribution in [1.29, 1.82) is 0 Å². The van der Waals surface area contributed by atoms with Crippen molar-refractivity contribution in [3.63, 3.8) is 0 Å². The minimum Gasteiger partial charge on any atom is -0.268 e. The van der Waals surface area contributed by atoms with E-state index in [4.69, 9.17) is 23.2 Å². The highest BCUT2D eigenvalue weighted by molar-refractivity contribution is 6.33. The minimum absolute atomic E-state index is 0.264. The Morgan fingerprint density at radius 2 is 1.73 bits per heavy atom. The highest BCUT2D eigenvalue weighted by atomic mass is 35.5. The van der Waals surface area contributed by atoms with Gasteiger partial charge in [0, 0.05) is 11.6 Å². The molecule has 2 aromatic carbocycles. The lowest BCUT2D eigenvalue weighted by Crippen LogP contribution is -2.40. The lowest BCUT2D eigenvalue weighted by atomic mass is 10.1. The third-order valence-corrected chi connectivity index (χ3v) is 5.11. The number of hydrazine groups is 1. The quantitative estimate of drug-likeness (QED) is 0.455. The number of carbonyl (C=O) groups excluding carboxylic acids is 2. The minimum atomic E-state index is -0.517. The summed E-state index contributed by atoms with van der Waals surface area (Å²) in [4.78, 5) is 24.2. The summed E-state index contributed by atoms with van der Waals surface area (Å²) in [5.41, 5.74) is 8.47. The van der Waals surface area contributed by atoms with Crippen LogP contribution in [0.2, 0.25) is 10.2 Å². The van der Waals surface area contributed by atoms with Crippen LogP contribution in [-0.2, 0) is 11.3 Å². The van der Waals surface area contributed by atoms with E-state index >= 15 is 0 Å². The number of aromatic nitrogens is 2. The topological polar surface area (TPSA) is 76.0 Å². The van der Waals surface area contributed by atoms with Crippen molar-refractivity contribution in [1.82, 2.24) is 20.6 Å². The summed E-state index contributed by atoms with van der Waals surface area (Å²) in [5.74, 6) is -1.03. The van der Waals surface area contributed by atoms with Crippen molar-refractivity contribution >= 4 is 41.1 Å². The fourth-order valence-corrected chi connectivity index (χ4v) is 3.28. The first-order valence-electron chi connectivity index (χ1n) is 9.16. The molecule has 2 amide bonds. The third kappa shape index (κ3) is 5.28. The van der Waals surface area contributed by atoms with Gasteiger partial charge in [-0.1, -0.05) is 65.2 Å². The SMILES string of the molecule is Cc1ccc(Cn2nc(C)c(/C=C/C(=O)NNC(=O)c3ccccc3Cl)c2Cl)cc1. The van der Waals surface area contributed by atoms with Crippen molar-refractivity contribution in [3.8, 4) is 0 Å². The molecule has 1 aromatic heterocycles. The maximum absolute atomic E-state index is 12.1. The first-order valence-corrected chi connectivity index (χ1v) is 9.92. The van der Waals surface area contributed by atoms with Crippen LogP contribution in [0, 0.1) is 13.8 Å². The van der Waals surface area contributed by atoms with Crippen LogP contribution in [0.4, 0.5) is 0 Å². The van der Waals surface area contributed by atoms with Gasteiger partial charge in [0.05, 0.1) is 22.8 Å². The largest absolute Gasteiger partial charge is 0.271 e. The molecule has 0 saturated carbocycles. The lowest BCUT2D eigenvalue weighted by molar-refractivity contribution is -0.117. The summed E-state index contributed by atoms with van der Waals surface area (Å²) in [6, 6.07) is 14.7. The molecule has 3 rings (SSSR count). The van der Waals surface area contributed by atoms with Crippen molar-refractivity contribution in [2.75, 3.05) is 0 Å². The predicted molar refractivity (Wildman–Crippen MR) is 118 cm³/mol. The normalized spacial score (nSPS) is 10.9. The van der Waals surface area contributed by atoms with Crippen LogP contribution in [0.1, 0.15) is 32.7 Å². The molecule has 30 heavy (non-hydrogen) atoms. The van der Waals surface area contributed by atoms with Gasteiger partial charge in [-0.25, -0.2) is 4.68 Å². The predicted octanol–water partition coefficient (Wildman–Crippen LogP) is 4.33. The van der Waals surface area contributed by atoms with Crippen LogP contribution in [0.25, 0.3) is 6.08 Å². The van der Waals surface area contributed by atoms with E-state index in [0.717, 1.165) is 5.56 Å². The zero-order valence-electron chi connectivity index (χ0n) is 16.4. The summed E-state index contributed by atoms with van der Waals surface area (Å²) in [7, 11) is 0. The first kappa shape index (κ1) is 21.6. The molecule has 0 aliphatic heterocycles. The molecule has 2 N–H and O–H groups in total. The number of hydrogen-bond acceptors (Lipinski definition) is 3. The second-order valence-corrected chi connectivity index (χ2v) is 7.45. The van der Waals surface area contributed by atoms with Crippen LogP contribution in [0.5, 0.6) is 0 Å². The van der Waals surface area contributed by atoms with Gasteiger partial charge in [0.2, 0.25) is 0 Å². The van der Waals surface area contributed by atoms with Gasteiger partial charge in [0.15, 0.2) is 0 Å². The number of halogens is 2. The molecule has 1 heterocycles. The van der Waals surface area contributed by atoms with Gasteiger partial charge in [-0.2, -0.15) is 5.10 Å². The van der Waals surface area contributed by atoms with E-state index in [1.165, 1.54) is 11.6 Å². The van der Waals surface area contributed by atoms with Gasteiger partial charge in [-0.3, -0.25) is 20.4 Å². The molecule has 0 bridgehead atoms. The number of benzene rings is 2. The standard InChI is InChI=1S/C22H20Cl2N4O2/c1-14-7-9-16(10-8-14)13-28-21(24)17(15(2)27-28)11-12-20(29)25-26-22(30)18-5-3-4-6-19(18)23/h3-12H,13H2,1-2H3,(H,25,29)(H,26,30)/b12-11+. The number of aryl methyl sites for hydroxylation is 2. The summed E-state index contributed by atoms with van der Waals surface area (Å²) in [6.45, 7) is 4.36. The monoisotopic (exact) mass is 442 g/mol. The van der Waals surface area contributed by atoms with E-state index in [2.05, 4.69) is 16.0 Å². The third-order valence-electron chi connectivity index (χ3n) is 4.38. The van der Waals surface area contributed by atoms with Crippen molar-refractivity contribution in [2.24, 2.45) is 0 Å². The summed E-state index contributed by atoms with van der Waals surface area (Å²) < 4.78 is 1.68. The lowest BCUT2D eigenvalue weighted by Gasteiger charge is -2.06. The van der Waals surface area contributed by atoms with E-state index in [-0.39, 0.29) is 5.56 Å². The molecule has 3 aromatic rings. The molecule has 0 unspecified atom stereocenters. The van der Waals surface area contributed by atoms with Gasteiger partial charge in [-0.15, -0.1) is 0 Å². The van der Waals surface area contributed by atoms with Gasteiger partial charge in [-0.05, 0) is 37.6 Å². The first-order chi connectivity index (χ1) is 14.3. The van der Waals surface area contributed by atoms with Crippen LogP contribution in [0.3, 0.4) is 0 Å². The molecule has 0 aliphatic rings.